The van der Waals surface area contributed by atoms with Crippen molar-refractivity contribution in [2.45, 2.75) is 21.3 Å². The molecule has 4 rings (SSSR count). The first-order valence-electron chi connectivity index (χ1n) is 10.7. The summed E-state index contributed by atoms with van der Waals surface area (Å²) in [6, 6.07) is 23.4. The maximum Gasteiger partial charge on any atom is 0.271 e. The smallest absolute Gasteiger partial charge is 0.271 e. The Morgan fingerprint density at radius 1 is 1.00 bits per heavy atom. The van der Waals surface area contributed by atoms with Crippen molar-refractivity contribution >= 4 is 56.1 Å². The van der Waals surface area contributed by atoms with Gasteiger partial charge in [0.25, 0.3) is 15.7 Å². The monoisotopic (exact) mass is 539 g/mol. The molecule has 0 saturated carbocycles. The van der Waals surface area contributed by atoms with Crippen LogP contribution in [0.25, 0.3) is 0 Å². The summed E-state index contributed by atoms with van der Waals surface area (Å²) >= 11 is 2.42. The zero-order valence-electron chi connectivity index (χ0n) is 19.0. The second kappa shape index (κ2) is 10.9. The molecule has 0 spiro atoms. The first kappa shape index (κ1) is 25.4. The third-order valence-corrected chi connectivity index (χ3v) is 9.20. The number of carbonyl (C=O) groups excluding carboxylic acids is 1. The van der Waals surface area contributed by atoms with E-state index in [0.717, 1.165) is 21.8 Å². The van der Waals surface area contributed by atoms with Crippen molar-refractivity contribution in [2.75, 3.05) is 10.0 Å². The van der Waals surface area contributed by atoms with E-state index in [4.69, 9.17) is 0 Å². The Morgan fingerprint density at radius 3 is 2.36 bits per heavy atom. The third kappa shape index (κ3) is 6.11. The highest BCUT2D eigenvalue weighted by molar-refractivity contribution is 8.00. The van der Waals surface area contributed by atoms with Gasteiger partial charge in [-0.05, 0) is 53.8 Å². The Hall–Kier alpha value is -3.67. The first-order valence-corrected chi connectivity index (χ1v) is 13.9. The molecule has 11 heteroatoms. The Bertz CT molecular complexity index is 1470. The number of nitro benzene ring substituents is 1. The second-order valence-electron chi connectivity index (χ2n) is 7.72. The van der Waals surface area contributed by atoms with Crippen molar-refractivity contribution in [3.05, 3.63) is 112 Å². The number of aryl methyl sites for hydroxylation is 1. The fourth-order valence-electron chi connectivity index (χ4n) is 3.32. The van der Waals surface area contributed by atoms with Crippen LogP contribution in [0, 0.1) is 17.0 Å². The summed E-state index contributed by atoms with van der Waals surface area (Å²) < 4.78 is 27.7. The summed E-state index contributed by atoms with van der Waals surface area (Å²) in [6.45, 7) is 1.76. The molecular formula is C25H21N3O5S3. The summed E-state index contributed by atoms with van der Waals surface area (Å²) in [5, 5.41) is 15.0. The van der Waals surface area contributed by atoms with Crippen LogP contribution in [0.15, 0.2) is 99.4 Å². The summed E-state index contributed by atoms with van der Waals surface area (Å²) in [7, 11) is -3.66. The van der Waals surface area contributed by atoms with Crippen molar-refractivity contribution in [2.24, 2.45) is 0 Å². The number of amides is 1. The van der Waals surface area contributed by atoms with Gasteiger partial charge >= 0.3 is 0 Å². The number of nitrogens with one attached hydrogen (secondary N) is 2. The number of nitrogens with zero attached hydrogens (tertiary/aromatic N) is 1. The fraction of sp³-hybridized carbons (Fsp3) is 0.0800. The van der Waals surface area contributed by atoms with E-state index < -0.39 is 20.2 Å². The van der Waals surface area contributed by atoms with Gasteiger partial charge in [0.1, 0.15) is 9.46 Å². The molecule has 3 aromatic carbocycles. The van der Waals surface area contributed by atoms with Gasteiger partial charge in [-0.15, -0.1) is 23.1 Å². The second-order valence-corrected chi connectivity index (χ2v) is 11.8. The van der Waals surface area contributed by atoms with Gasteiger partial charge in [-0.1, -0.05) is 42.5 Å². The van der Waals surface area contributed by atoms with E-state index >= 15 is 0 Å². The molecule has 1 heterocycles. The normalized spacial score (nSPS) is 12.0. The summed E-state index contributed by atoms with van der Waals surface area (Å²) in [5.41, 5.74) is 2.12. The van der Waals surface area contributed by atoms with Crippen molar-refractivity contribution in [3.8, 4) is 0 Å². The lowest BCUT2D eigenvalue weighted by Gasteiger charge is -2.18. The van der Waals surface area contributed by atoms with Crippen LogP contribution in [0.4, 0.5) is 17.1 Å². The molecular weight excluding hydrogens is 518 g/mol. The summed E-state index contributed by atoms with van der Waals surface area (Å²) in [4.78, 5) is 24.8. The number of benzene rings is 3. The Balaban J connectivity index is 1.55. The summed E-state index contributed by atoms with van der Waals surface area (Å²) in [6.07, 6.45) is 0. The van der Waals surface area contributed by atoms with E-state index in [9.17, 15) is 23.3 Å². The van der Waals surface area contributed by atoms with Gasteiger partial charge in [0, 0.05) is 22.7 Å². The molecule has 0 radical (unpaired) electrons. The van der Waals surface area contributed by atoms with Crippen molar-refractivity contribution in [3.63, 3.8) is 0 Å². The highest BCUT2D eigenvalue weighted by atomic mass is 32.2. The van der Waals surface area contributed by atoms with Gasteiger partial charge in [0.2, 0.25) is 5.91 Å². The van der Waals surface area contributed by atoms with Crippen LogP contribution < -0.4 is 10.0 Å². The lowest BCUT2D eigenvalue weighted by molar-refractivity contribution is -0.384. The van der Waals surface area contributed by atoms with E-state index in [2.05, 4.69) is 10.0 Å². The number of nitro groups is 1. The quantitative estimate of drug-likeness (QED) is 0.148. The molecule has 0 saturated heterocycles. The molecule has 8 nitrogen and oxygen atoms in total. The predicted molar refractivity (Wildman–Crippen MR) is 143 cm³/mol. The number of hydrogen-bond acceptors (Lipinski definition) is 7. The molecule has 0 aliphatic carbocycles. The number of non-ortho nitro benzene ring substituents is 1. The molecule has 4 aromatic rings. The topological polar surface area (TPSA) is 118 Å². The highest BCUT2D eigenvalue weighted by Gasteiger charge is 2.24. The Morgan fingerprint density at radius 2 is 1.72 bits per heavy atom. The molecule has 184 valence electrons. The van der Waals surface area contributed by atoms with Crippen LogP contribution in [0.3, 0.4) is 0 Å². The summed E-state index contributed by atoms with van der Waals surface area (Å²) in [5.74, 6) is -0.336. The molecule has 1 amide bonds. The van der Waals surface area contributed by atoms with Crippen LogP contribution in [0.2, 0.25) is 0 Å². The molecule has 1 aromatic heterocycles. The number of anilines is 2. The molecule has 36 heavy (non-hydrogen) atoms. The lowest BCUT2D eigenvalue weighted by atomic mass is 10.1. The van der Waals surface area contributed by atoms with Gasteiger partial charge in [-0.25, -0.2) is 8.42 Å². The number of rotatable bonds is 9. The van der Waals surface area contributed by atoms with Gasteiger partial charge in [0.15, 0.2) is 0 Å². The van der Waals surface area contributed by atoms with Crippen LogP contribution >= 0.6 is 23.1 Å². The SMILES string of the molecule is Cc1ccc([N+](=O)[O-])cc1NC(=O)C(Sc1ccc(NS(=O)(=O)c2cccs2)cc1)c1ccccc1. The number of hydrogen-bond donors (Lipinski definition) is 2. The molecule has 0 fully saturated rings. The van der Waals surface area contributed by atoms with Crippen LogP contribution in [0.5, 0.6) is 0 Å². The van der Waals surface area contributed by atoms with Crippen LogP contribution in [0.1, 0.15) is 16.4 Å². The molecule has 1 atom stereocenters. The standard InChI is InChI=1S/C25H21N3O5S3/c1-17-9-12-20(28(30)31)16-22(17)26-25(29)24(18-6-3-2-4-7-18)35-21-13-10-19(11-14-21)27-36(32,33)23-8-5-15-34-23/h2-16,24,27H,1H3,(H,26,29). The number of sulfonamides is 1. The van der Waals surface area contributed by atoms with E-state index in [-0.39, 0.29) is 15.8 Å². The van der Waals surface area contributed by atoms with Crippen molar-refractivity contribution in [1.29, 1.82) is 0 Å². The molecule has 2 N–H and O–H groups in total. The van der Waals surface area contributed by atoms with Gasteiger partial charge in [-0.2, -0.15) is 0 Å². The Labute approximate surface area is 216 Å². The molecule has 0 aliphatic rings. The zero-order valence-corrected chi connectivity index (χ0v) is 21.4. The Kier molecular flexibility index (Phi) is 7.73. The van der Waals surface area contributed by atoms with E-state index in [1.54, 1.807) is 48.7 Å². The average Bonchev–Trinajstić information content (AvgIpc) is 3.41. The largest absolute Gasteiger partial charge is 0.324 e. The van der Waals surface area contributed by atoms with Gasteiger partial charge in [-0.3, -0.25) is 19.6 Å². The van der Waals surface area contributed by atoms with Gasteiger partial charge < -0.3 is 5.32 Å². The number of carbonyl (C=O) groups is 1. The van der Waals surface area contributed by atoms with E-state index in [0.29, 0.717) is 16.9 Å². The predicted octanol–water partition coefficient (Wildman–Crippen LogP) is 6.24. The average molecular weight is 540 g/mol. The minimum Gasteiger partial charge on any atom is -0.324 e. The van der Waals surface area contributed by atoms with Gasteiger partial charge in [0.05, 0.1) is 10.6 Å². The zero-order chi connectivity index (χ0) is 25.7. The fourth-order valence-corrected chi connectivity index (χ4v) is 6.39. The number of thioether (sulfide) groups is 1. The van der Waals surface area contributed by atoms with Crippen LogP contribution in [-0.2, 0) is 14.8 Å². The minimum atomic E-state index is -3.66. The molecule has 0 bridgehead atoms. The maximum atomic E-state index is 13.3. The lowest BCUT2D eigenvalue weighted by Crippen LogP contribution is -2.19. The first-order chi connectivity index (χ1) is 17.2. The van der Waals surface area contributed by atoms with E-state index in [1.807, 2.05) is 30.3 Å². The van der Waals surface area contributed by atoms with Crippen molar-refractivity contribution < 1.29 is 18.1 Å². The third-order valence-electron chi connectivity index (χ3n) is 5.15. The van der Waals surface area contributed by atoms with E-state index in [1.165, 1.54) is 30.0 Å². The van der Waals surface area contributed by atoms with Crippen molar-refractivity contribution in [1.82, 2.24) is 0 Å². The van der Waals surface area contributed by atoms with Crippen LogP contribution in [-0.4, -0.2) is 19.2 Å². The molecule has 1 unspecified atom stereocenters. The molecule has 0 aliphatic heterocycles. The number of thiophene rings is 1. The highest BCUT2D eigenvalue weighted by Crippen LogP contribution is 2.37. The maximum absolute atomic E-state index is 13.3. The minimum absolute atomic E-state index is 0.111.